The van der Waals surface area contributed by atoms with E-state index in [0.29, 0.717) is 0 Å². The first-order chi connectivity index (χ1) is 9.24. The number of aromatic hydroxyl groups is 1. The second-order valence-electron chi connectivity index (χ2n) is 4.55. The van der Waals surface area contributed by atoms with Gasteiger partial charge in [0.1, 0.15) is 15.9 Å². The molecule has 0 aromatic heterocycles. The number of phenols is 1. The van der Waals surface area contributed by atoms with E-state index >= 15 is 0 Å². The molecule has 1 aromatic carbocycles. The molecular formula is C14H25NO4S. The largest absolute Gasteiger partial charge is 0.744 e. The average molecular weight is 303 g/mol. The zero-order valence-electron chi connectivity index (χ0n) is 12.7. The van der Waals surface area contributed by atoms with E-state index in [4.69, 9.17) is 5.11 Å². The molecule has 1 aromatic rings. The molecule has 0 saturated carbocycles. The maximum atomic E-state index is 10.3. The second kappa shape index (κ2) is 8.24. The summed E-state index contributed by atoms with van der Waals surface area (Å²) in [5.74, 6) is -0.0719. The molecule has 0 aliphatic carbocycles. The second-order valence-corrected chi connectivity index (χ2v) is 5.93. The molecule has 1 N–H and O–H groups in total. The minimum absolute atomic E-state index is 0.0719. The number of benzene rings is 1. The molecule has 116 valence electrons. The summed E-state index contributed by atoms with van der Waals surface area (Å²) >= 11 is 0. The van der Waals surface area contributed by atoms with Crippen LogP contribution < -0.4 is 0 Å². The quantitative estimate of drug-likeness (QED) is 0.668. The van der Waals surface area contributed by atoms with Crippen molar-refractivity contribution in [3.8, 4) is 5.75 Å². The summed E-state index contributed by atoms with van der Waals surface area (Å²) in [6.45, 7) is 14.2. The lowest BCUT2D eigenvalue weighted by Gasteiger charge is -2.34. The van der Waals surface area contributed by atoms with Gasteiger partial charge in [0.25, 0.3) is 0 Å². The van der Waals surface area contributed by atoms with Crippen molar-refractivity contribution in [2.75, 3.05) is 26.2 Å². The van der Waals surface area contributed by atoms with Gasteiger partial charge in [0.15, 0.2) is 0 Å². The predicted molar refractivity (Wildman–Crippen MR) is 78.5 cm³/mol. The Kier molecular flexibility index (Phi) is 7.78. The summed E-state index contributed by atoms with van der Waals surface area (Å²) in [7, 11) is -4.38. The predicted octanol–water partition coefficient (Wildman–Crippen LogP) is 2.18. The van der Waals surface area contributed by atoms with Gasteiger partial charge in [0.2, 0.25) is 0 Å². The van der Waals surface area contributed by atoms with Crippen molar-refractivity contribution in [3.63, 3.8) is 0 Å². The molecule has 0 aliphatic rings. The summed E-state index contributed by atoms with van der Waals surface area (Å²) in [5.41, 5.74) is 0. The first kappa shape index (κ1) is 18.9. The fourth-order valence-electron chi connectivity index (χ4n) is 1.95. The van der Waals surface area contributed by atoms with Crippen molar-refractivity contribution >= 4 is 10.1 Å². The van der Waals surface area contributed by atoms with Crippen LogP contribution in [0.3, 0.4) is 0 Å². The van der Waals surface area contributed by atoms with E-state index in [-0.39, 0.29) is 10.6 Å². The minimum Gasteiger partial charge on any atom is -0.744 e. The molecule has 0 amide bonds. The van der Waals surface area contributed by atoms with Crippen LogP contribution in [0.5, 0.6) is 5.75 Å². The van der Waals surface area contributed by atoms with Crippen molar-refractivity contribution in [2.24, 2.45) is 0 Å². The molecule has 0 radical (unpaired) electrons. The lowest BCUT2D eigenvalue weighted by molar-refractivity contribution is -0.921. The van der Waals surface area contributed by atoms with Gasteiger partial charge in [0, 0.05) is 0 Å². The van der Waals surface area contributed by atoms with E-state index in [0.717, 1.165) is 24.3 Å². The van der Waals surface area contributed by atoms with E-state index in [2.05, 4.69) is 27.7 Å². The van der Waals surface area contributed by atoms with Gasteiger partial charge < -0.3 is 14.1 Å². The van der Waals surface area contributed by atoms with Crippen molar-refractivity contribution in [1.82, 2.24) is 0 Å². The molecule has 0 aliphatic heterocycles. The van der Waals surface area contributed by atoms with Crippen LogP contribution in [-0.4, -0.2) is 48.7 Å². The molecule has 20 heavy (non-hydrogen) atoms. The van der Waals surface area contributed by atoms with Crippen LogP contribution in [0.15, 0.2) is 29.2 Å². The fourth-order valence-corrected chi connectivity index (χ4v) is 2.42. The molecular weight excluding hydrogens is 278 g/mol. The Hall–Kier alpha value is -1.11. The van der Waals surface area contributed by atoms with Crippen LogP contribution in [0, 0.1) is 0 Å². The molecule has 0 fully saturated rings. The van der Waals surface area contributed by atoms with E-state index in [1.807, 2.05) is 0 Å². The Morgan fingerprint density at radius 2 is 1.30 bits per heavy atom. The van der Waals surface area contributed by atoms with E-state index in [1.165, 1.54) is 30.7 Å². The number of nitrogens with zero attached hydrogens (tertiary/aromatic N) is 1. The Morgan fingerprint density at radius 1 is 0.950 bits per heavy atom. The van der Waals surface area contributed by atoms with Crippen LogP contribution in [0.1, 0.15) is 27.7 Å². The molecule has 1 rings (SSSR count). The lowest BCUT2D eigenvalue weighted by Crippen LogP contribution is -2.47. The Morgan fingerprint density at radius 3 is 1.50 bits per heavy atom. The zero-order chi connectivity index (χ0) is 15.8. The third-order valence-corrected chi connectivity index (χ3v) is 4.66. The van der Waals surface area contributed by atoms with E-state index < -0.39 is 10.1 Å². The first-order valence-electron chi connectivity index (χ1n) is 6.84. The minimum atomic E-state index is -4.38. The van der Waals surface area contributed by atoms with E-state index in [9.17, 15) is 13.0 Å². The zero-order valence-corrected chi connectivity index (χ0v) is 13.5. The van der Waals surface area contributed by atoms with Crippen LogP contribution in [0.25, 0.3) is 0 Å². The maximum Gasteiger partial charge on any atom is 0.124 e. The van der Waals surface area contributed by atoms with Crippen molar-refractivity contribution < 1.29 is 22.6 Å². The number of hydrogen-bond acceptors (Lipinski definition) is 4. The monoisotopic (exact) mass is 303 g/mol. The normalized spacial score (nSPS) is 11.7. The van der Waals surface area contributed by atoms with E-state index in [1.54, 1.807) is 0 Å². The van der Waals surface area contributed by atoms with Crippen molar-refractivity contribution in [1.29, 1.82) is 0 Å². The topological polar surface area (TPSA) is 77.4 Å². The van der Waals surface area contributed by atoms with Gasteiger partial charge in [-0.2, -0.15) is 0 Å². The molecule has 6 heteroatoms. The van der Waals surface area contributed by atoms with Gasteiger partial charge in [-0.1, -0.05) is 0 Å². The van der Waals surface area contributed by atoms with Crippen LogP contribution in [0.4, 0.5) is 0 Å². The summed E-state index contributed by atoms with van der Waals surface area (Å²) < 4.78 is 32.2. The van der Waals surface area contributed by atoms with Gasteiger partial charge in [-0.3, -0.25) is 0 Å². The van der Waals surface area contributed by atoms with Crippen molar-refractivity contribution in [2.45, 2.75) is 32.6 Å². The summed E-state index contributed by atoms with van der Waals surface area (Å²) in [4.78, 5) is -0.338. The average Bonchev–Trinajstić information content (AvgIpc) is 2.42. The lowest BCUT2D eigenvalue weighted by atomic mass is 10.3. The third kappa shape index (κ3) is 5.90. The highest BCUT2D eigenvalue weighted by molar-refractivity contribution is 7.85. The Bertz CT molecular complexity index is 461. The molecule has 0 heterocycles. The molecule has 0 unspecified atom stereocenters. The number of hydrogen-bond donors (Lipinski definition) is 1. The van der Waals surface area contributed by atoms with Crippen LogP contribution in [-0.2, 0) is 10.1 Å². The van der Waals surface area contributed by atoms with Crippen LogP contribution in [0.2, 0.25) is 0 Å². The molecule has 5 nitrogen and oxygen atoms in total. The standard InChI is InChI=1S/C8H20N.C6H6O4S/c1-5-9(6-2,7-3)8-4;7-5-1-3-6(4-2-5)11(8,9)10/h5-8H2,1-4H3;1-4,7H,(H,8,9,10)/q+1;/p-1. The highest BCUT2D eigenvalue weighted by atomic mass is 32.2. The Balaban J connectivity index is 0.000000370. The van der Waals surface area contributed by atoms with Gasteiger partial charge in [0.05, 0.1) is 31.1 Å². The highest BCUT2D eigenvalue weighted by Gasteiger charge is 2.16. The number of phenolic OH excluding ortho intramolecular Hbond substituents is 1. The third-order valence-electron chi connectivity index (χ3n) is 3.81. The molecule has 0 atom stereocenters. The number of quaternary nitrogens is 1. The smallest absolute Gasteiger partial charge is 0.124 e. The maximum absolute atomic E-state index is 10.3. The molecule has 0 bridgehead atoms. The van der Waals surface area contributed by atoms with Gasteiger partial charge in [-0.25, -0.2) is 8.42 Å². The number of rotatable bonds is 5. The molecule has 0 spiro atoms. The van der Waals surface area contributed by atoms with Gasteiger partial charge >= 0.3 is 0 Å². The fraction of sp³-hybridized carbons (Fsp3) is 0.571. The van der Waals surface area contributed by atoms with Crippen LogP contribution >= 0.6 is 0 Å². The van der Waals surface area contributed by atoms with Gasteiger partial charge in [-0.05, 0) is 52.0 Å². The van der Waals surface area contributed by atoms with Crippen molar-refractivity contribution in [3.05, 3.63) is 24.3 Å². The van der Waals surface area contributed by atoms with Gasteiger partial charge in [-0.15, -0.1) is 0 Å². The SMILES string of the molecule is CC[N+](CC)(CC)CC.O=S(=O)([O-])c1ccc(O)cc1. The summed E-state index contributed by atoms with van der Waals surface area (Å²) in [6, 6.07) is 4.39. The first-order valence-corrected chi connectivity index (χ1v) is 8.25. The summed E-state index contributed by atoms with van der Waals surface area (Å²) in [6.07, 6.45) is 0. The highest BCUT2D eigenvalue weighted by Crippen LogP contribution is 2.13. The Labute approximate surface area is 122 Å². The molecule has 0 saturated heterocycles. The summed E-state index contributed by atoms with van der Waals surface area (Å²) in [5, 5.41) is 8.73.